The summed E-state index contributed by atoms with van der Waals surface area (Å²) in [4.78, 5) is 12.2. The van der Waals surface area contributed by atoms with Gasteiger partial charge in [0.25, 0.3) is 0 Å². The Bertz CT molecular complexity index is 259. The van der Waals surface area contributed by atoms with Crippen LogP contribution in [-0.2, 0) is 4.79 Å². The van der Waals surface area contributed by atoms with Crippen LogP contribution >= 0.6 is 0 Å². The Balaban J connectivity index is 1.90. The van der Waals surface area contributed by atoms with Crippen molar-refractivity contribution in [3.8, 4) is 0 Å². The molecule has 0 aromatic carbocycles. The zero-order valence-electron chi connectivity index (χ0n) is 10.5. The minimum Gasteiger partial charge on any atom is -0.351 e. The lowest BCUT2D eigenvalue weighted by Gasteiger charge is -2.36. The molecule has 2 atom stereocenters. The molecule has 1 saturated heterocycles. The molecule has 92 valence electrons. The molecule has 1 heterocycles. The van der Waals surface area contributed by atoms with Crippen LogP contribution in [0.3, 0.4) is 0 Å². The van der Waals surface area contributed by atoms with E-state index >= 15 is 0 Å². The van der Waals surface area contributed by atoms with Crippen molar-refractivity contribution in [3.63, 3.8) is 0 Å². The van der Waals surface area contributed by atoms with Crippen molar-refractivity contribution < 1.29 is 4.79 Å². The van der Waals surface area contributed by atoms with Crippen LogP contribution in [0.25, 0.3) is 0 Å². The number of nitrogens with one attached hydrogen (secondary N) is 2. The molecule has 0 spiro atoms. The molecule has 2 rings (SSSR count). The maximum Gasteiger partial charge on any atom is 0.223 e. The molecule has 2 N–H and O–H groups in total. The molecule has 0 radical (unpaired) electrons. The fourth-order valence-corrected chi connectivity index (χ4v) is 3.03. The van der Waals surface area contributed by atoms with Crippen LogP contribution in [-0.4, -0.2) is 24.5 Å². The van der Waals surface area contributed by atoms with E-state index in [1.807, 2.05) is 0 Å². The lowest BCUT2D eigenvalue weighted by molar-refractivity contribution is -0.128. The standard InChI is InChI=1S/C13H24N2O/c1-10-4-3-5-11(10)12(16)15-13(2)6-8-14-9-7-13/h10-11,14H,3-9H2,1-2H3,(H,15,16). The monoisotopic (exact) mass is 224 g/mol. The van der Waals surface area contributed by atoms with Crippen LogP contribution in [0.2, 0.25) is 0 Å². The number of carbonyl (C=O) groups excluding carboxylic acids is 1. The molecule has 1 aliphatic carbocycles. The average Bonchev–Trinajstić information content (AvgIpc) is 2.65. The van der Waals surface area contributed by atoms with Gasteiger partial charge in [0.15, 0.2) is 0 Å². The topological polar surface area (TPSA) is 41.1 Å². The normalized spacial score (nSPS) is 33.6. The Labute approximate surface area is 98.4 Å². The van der Waals surface area contributed by atoms with Crippen molar-refractivity contribution in [2.24, 2.45) is 11.8 Å². The van der Waals surface area contributed by atoms with E-state index in [4.69, 9.17) is 0 Å². The predicted octanol–water partition coefficient (Wildman–Crippen LogP) is 1.68. The number of hydrogen-bond acceptors (Lipinski definition) is 2. The average molecular weight is 224 g/mol. The Morgan fingerprint density at radius 3 is 2.56 bits per heavy atom. The lowest BCUT2D eigenvalue weighted by atomic mass is 9.88. The second-order valence-electron chi connectivity index (χ2n) is 5.81. The number of piperidine rings is 1. The smallest absolute Gasteiger partial charge is 0.223 e. The summed E-state index contributed by atoms with van der Waals surface area (Å²) in [6, 6.07) is 0. The molecule has 3 nitrogen and oxygen atoms in total. The van der Waals surface area contributed by atoms with E-state index in [1.165, 1.54) is 12.8 Å². The Kier molecular flexibility index (Phi) is 3.53. The van der Waals surface area contributed by atoms with E-state index in [0.717, 1.165) is 32.4 Å². The summed E-state index contributed by atoms with van der Waals surface area (Å²) >= 11 is 0. The Morgan fingerprint density at radius 2 is 2.00 bits per heavy atom. The maximum absolute atomic E-state index is 12.2. The van der Waals surface area contributed by atoms with Crippen LogP contribution < -0.4 is 10.6 Å². The van der Waals surface area contributed by atoms with Crippen molar-refractivity contribution in [3.05, 3.63) is 0 Å². The fourth-order valence-electron chi connectivity index (χ4n) is 3.03. The highest BCUT2D eigenvalue weighted by Gasteiger charge is 2.34. The molecule has 0 aromatic heterocycles. The van der Waals surface area contributed by atoms with E-state index in [-0.39, 0.29) is 11.5 Å². The van der Waals surface area contributed by atoms with Crippen molar-refractivity contribution in [1.82, 2.24) is 10.6 Å². The number of carbonyl (C=O) groups is 1. The molecule has 1 saturated carbocycles. The largest absolute Gasteiger partial charge is 0.351 e. The number of hydrogen-bond donors (Lipinski definition) is 2. The van der Waals surface area contributed by atoms with Gasteiger partial charge in [-0.15, -0.1) is 0 Å². The Hall–Kier alpha value is -0.570. The first-order valence-electron chi connectivity index (χ1n) is 6.63. The van der Waals surface area contributed by atoms with Crippen LogP contribution in [0.15, 0.2) is 0 Å². The van der Waals surface area contributed by atoms with Crippen molar-refractivity contribution in [2.75, 3.05) is 13.1 Å². The van der Waals surface area contributed by atoms with Gasteiger partial charge in [-0.1, -0.05) is 13.3 Å². The third kappa shape index (κ3) is 2.57. The molecule has 2 unspecified atom stereocenters. The molecule has 2 aliphatic rings. The first kappa shape index (κ1) is 11.9. The van der Waals surface area contributed by atoms with Crippen LogP contribution in [0, 0.1) is 11.8 Å². The fraction of sp³-hybridized carbons (Fsp3) is 0.923. The van der Waals surface area contributed by atoms with Gasteiger partial charge in [-0.25, -0.2) is 0 Å². The summed E-state index contributed by atoms with van der Waals surface area (Å²) in [5.74, 6) is 1.14. The van der Waals surface area contributed by atoms with E-state index in [2.05, 4.69) is 24.5 Å². The van der Waals surface area contributed by atoms with Crippen molar-refractivity contribution >= 4 is 5.91 Å². The summed E-state index contributed by atoms with van der Waals surface area (Å²) in [6.45, 7) is 6.45. The first-order chi connectivity index (χ1) is 7.61. The van der Waals surface area contributed by atoms with Gasteiger partial charge >= 0.3 is 0 Å². The van der Waals surface area contributed by atoms with Gasteiger partial charge in [0.05, 0.1) is 0 Å². The minimum absolute atomic E-state index is 0.0324. The predicted molar refractivity (Wildman–Crippen MR) is 65.2 cm³/mol. The van der Waals surface area contributed by atoms with Crippen LogP contribution in [0.1, 0.15) is 46.0 Å². The summed E-state index contributed by atoms with van der Waals surface area (Å²) in [5.41, 5.74) is 0.0324. The van der Waals surface area contributed by atoms with E-state index in [0.29, 0.717) is 11.8 Å². The second-order valence-corrected chi connectivity index (χ2v) is 5.81. The molecule has 0 bridgehead atoms. The van der Waals surface area contributed by atoms with Crippen molar-refractivity contribution in [2.45, 2.75) is 51.5 Å². The Morgan fingerprint density at radius 1 is 1.31 bits per heavy atom. The van der Waals surface area contributed by atoms with Crippen LogP contribution in [0.5, 0.6) is 0 Å². The van der Waals surface area contributed by atoms with E-state index in [9.17, 15) is 4.79 Å². The second kappa shape index (κ2) is 4.74. The molecular formula is C13H24N2O. The van der Waals surface area contributed by atoms with Crippen molar-refractivity contribution in [1.29, 1.82) is 0 Å². The third-order valence-corrected chi connectivity index (χ3v) is 4.33. The van der Waals surface area contributed by atoms with Gasteiger partial charge in [-0.3, -0.25) is 4.79 Å². The van der Waals surface area contributed by atoms with Gasteiger partial charge < -0.3 is 10.6 Å². The zero-order chi connectivity index (χ0) is 11.6. The van der Waals surface area contributed by atoms with Gasteiger partial charge in [-0.2, -0.15) is 0 Å². The third-order valence-electron chi connectivity index (χ3n) is 4.33. The summed E-state index contributed by atoms with van der Waals surface area (Å²) in [7, 11) is 0. The van der Waals surface area contributed by atoms with Crippen LogP contribution in [0.4, 0.5) is 0 Å². The number of amides is 1. The molecular weight excluding hydrogens is 200 g/mol. The zero-order valence-corrected chi connectivity index (χ0v) is 10.5. The maximum atomic E-state index is 12.2. The van der Waals surface area contributed by atoms with Gasteiger partial charge in [0, 0.05) is 11.5 Å². The quantitative estimate of drug-likeness (QED) is 0.749. The molecule has 0 aromatic rings. The SMILES string of the molecule is CC1CCCC1C(=O)NC1(C)CCNCC1. The summed E-state index contributed by atoms with van der Waals surface area (Å²) < 4.78 is 0. The van der Waals surface area contributed by atoms with E-state index in [1.54, 1.807) is 0 Å². The lowest BCUT2D eigenvalue weighted by Crippen LogP contribution is -2.54. The summed E-state index contributed by atoms with van der Waals surface area (Å²) in [6.07, 6.45) is 5.63. The molecule has 1 aliphatic heterocycles. The summed E-state index contributed by atoms with van der Waals surface area (Å²) in [5, 5.41) is 6.63. The molecule has 2 fully saturated rings. The highest BCUT2D eigenvalue weighted by Crippen LogP contribution is 2.32. The number of rotatable bonds is 2. The minimum atomic E-state index is 0.0324. The molecule has 3 heteroatoms. The van der Waals surface area contributed by atoms with Gasteiger partial charge in [0.2, 0.25) is 5.91 Å². The first-order valence-corrected chi connectivity index (χ1v) is 6.63. The van der Waals surface area contributed by atoms with Gasteiger partial charge in [0.1, 0.15) is 0 Å². The molecule has 16 heavy (non-hydrogen) atoms. The van der Waals surface area contributed by atoms with Gasteiger partial charge in [-0.05, 0) is 51.6 Å². The molecule has 1 amide bonds. The van der Waals surface area contributed by atoms with E-state index < -0.39 is 0 Å². The highest BCUT2D eigenvalue weighted by molar-refractivity contribution is 5.80. The highest BCUT2D eigenvalue weighted by atomic mass is 16.2.